The highest BCUT2D eigenvalue weighted by atomic mass is 19.4. The van der Waals surface area contributed by atoms with Crippen LogP contribution in [0.2, 0.25) is 0 Å². The molecule has 0 fully saturated rings. The molecule has 1 amide bonds. The Morgan fingerprint density at radius 1 is 1.24 bits per heavy atom. The molecule has 0 aliphatic carbocycles. The Labute approximate surface area is 117 Å². The average Bonchev–Trinajstić information content (AvgIpc) is 2.46. The highest BCUT2D eigenvalue weighted by Gasteiger charge is 2.39. The van der Waals surface area contributed by atoms with Gasteiger partial charge in [0.1, 0.15) is 11.9 Å². The molecule has 0 spiro atoms. The first-order valence-electron chi connectivity index (χ1n) is 6.01. The van der Waals surface area contributed by atoms with Crippen LogP contribution in [0.5, 0.6) is 0 Å². The normalized spacial score (nSPS) is 14.6. The summed E-state index contributed by atoms with van der Waals surface area (Å²) in [6.07, 6.45) is -2.99. The zero-order valence-electron chi connectivity index (χ0n) is 10.6. The molecule has 1 aromatic carbocycles. The minimum Gasteiger partial charge on any atom is -0.374 e. The summed E-state index contributed by atoms with van der Waals surface area (Å²) in [7, 11) is 0. The van der Waals surface area contributed by atoms with Crippen molar-refractivity contribution in [3.63, 3.8) is 0 Å². The summed E-state index contributed by atoms with van der Waals surface area (Å²) in [4.78, 5) is 20.1. The van der Waals surface area contributed by atoms with E-state index < -0.39 is 23.5 Å². The van der Waals surface area contributed by atoms with E-state index in [1.54, 1.807) is 24.3 Å². The topological polar surface area (TPSA) is 58.1 Å². The number of fused-ring (bicyclic) bond motifs is 1. The van der Waals surface area contributed by atoms with Gasteiger partial charge in [0.2, 0.25) is 0 Å². The molecule has 0 saturated heterocycles. The molecule has 0 unspecified atom stereocenters. The number of hydrogen-bond acceptors (Lipinski definition) is 4. The van der Waals surface area contributed by atoms with Gasteiger partial charge in [-0.1, -0.05) is 12.1 Å². The predicted molar refractivity (Wildman–Crippen MR) is 69.1 cm³/mol. The number of hydrogen-bond donors (Lipinski definition) is 1. The minimum atomic E-state index is -4.64. The second-order valence-electron chi connectivity index (χ2n) is 4.36. The van der Waals surface area contributed by atoms with Gasteiger partial charge >= 0.3 is 6.18 Å². The van der Waals surface area contributed by atoms with Gasteiger partial charge in [-0.3, -0.25) is 9.69 Å². The van der Waals surface area contributed by atoms with Crippen LogP contribution in [0, 0.1) is 0 Å². The Bertz CT molecular complexity index is 702. The molecule has 2 heterocycles. The van der Waals surface area contributed by atoms with Crippen LogP contribution in [0.4, 0.5) is 30.4 Å². The number of rotatable bonds is 1. The highest BCUT2D eigenvalue weighted by molar-refractivity contribution is 6.07. The zero-order chi connectivity index (χ0) is 15.0. The fourth-order valence-electron chi connectivity index (χ4n) is 2.14. The predicted octanol–water partition coefficient (Wildman–Crippen LogP) is 2.59. The van der Waals surface area contributed by atoms with Crippen molar-refractivity contribution in [2.75, 3.05) is 16.8 Å². The lowest BCUT2D eigenvalue weighted by Crippen LogP contribution is -2.38. The van der Waals surface area contributed by atoms with Crippen molar-refractivity contribution in [2.24, 2.45) is 0 Å². The van der Waals surface area contributed by atoms with E-state index in [0.717, 1.165) is 11.2 Å². The maximum Gasteiger partial charge on any atom is 0.421 e. The summed E-state index contributed by atoms with van der Waals surface area (Å²) >= 11 is 0. The molecule has 1 aliphatic heterocycles. The molecule has 0 atom stereocenters. The van der Waals surface area contributed by atoms with Crippen molar-refractivity contribution in [1.82, 2.24) is 9.97 Å². The van der Waals surface area contributed by atoms with Crippen LogP contribution in [0.15, 0.2) is 36.8 Å². The van der Waals surface area contributed by atoms with Crippen LogP contribution in [0.25, 0.3) is 0 Å². The largest absolute Gasteiger partial charge is 0.421 e. The Hall–Kier alpha value is -2.64. The highest BCUT2D eigenvalue weighted by Crippen LogP contribution is 2.40. The number of nitrogens with zero attached hydrogens (tertiary/aromatic N) is 3. The van der Waals surface area contributed by atoms with Crippen LogP contribution < -0.4 is 10.2 Å². The number of halogens is 3. The molecule has 108 valence electrons. The van der Waals surface area contributed by atoms with Crippen LogP contribution in [0.1, 0.15) is 5.56 Å². The number of para-hydroxylation sites is 2. The van der Waals surface area contributed by atoms with E-state index >= 15 is 0 Å². The summed E-state index contributed by atoms with van der Waals surface area (Å²) in [5, 5.41) is 2.85. The maximum atomic E-state index is 13.1. The Balaban J connectivity index is 2.19. The molecule has 0 radical (unpaired) electrons. The number of amides is 1. The first-order chi connectivity index (χ1) is 9.98. The lowest BCUT2D eigenvalue weighted by Gasteiger charge is -2.30. The van der Waals surface area contributed by atoms with Crippen molar-refractivity contribution < 1.29 is 18.0 Å². The number of carbonyl (C=O) groups is 1. The SMILES string of the molecule is O=C1CNc2ccccc2N1c1ncncc1C(F)(F)F. The van der Waals surface area contributed by atoms with Gasteiger partial charge in [-0.25, -0.2) is 9.97 Å². The number of carbonyl (C=O) groups excluding carboxylic acids is 1. The first-order valence-corrected chi connectivity index (χ1v) is 6.01. The summed E-state index contributed by atoms with van der Waals surface area (Å²) in [5.41, 5.74) is -0.142. The number of anilines is 3. The number of alkyl halides is 3. The second kappa shape index (κ2) is 4.72. The number of nitrogens with one attached hydrogen (secondary N) is 1. The second-order valence-corrected chi connectivity index (χ2v) is 4.36. The zero-order valence-corrected chi connectivity index (χ0v) is 10.6. The number of benzene rings is 1. The minimum absolute atomic E-state index is 0.0989. The third-order valence-electron chi connectivity index (χ3n) is 3.03. The van der Waals surface area contributed by atoms with Crippen LogP contribution in [0.3, 0.4) is 0 Å². The Morgan fingerprint density at radius 2 is 2.00 bits per heavy atom. The summed E-state index contributed by atoms with van der Waals surface area (Å²) in [6, 6.07) is 6.61. The Morgan fingerprint density at radius 3 is 2.76 bits per heavy atom. The van der Waals surface area contributed by atoms with Crippen LogP contribution in [-0.4, -0.2) is 22.4 Å². The van der Waals surface area contributed by atoms with E-state index in [-0.39, 0.29) is 6.54 Å². The van der Waals surface area contributed by atoms with Crippen LogP contribution in [-0.2, 0) is 11.0 Å². The maximum absolute atomic E-state index is 13.1. The van der Waals surface area contributed by atoms with E-state index in [9.17, 15) is 18.0 Å². The fraction of sp³-hybridized carbons (Fsp3) is 0.154. The fourth-order valence-corrected chi connectivity index (χ4v) is 2.14. The third-order valence-corrected chi connectivity index (χ3v) is 3.03. The summed E-state index contributed by atoms with van der Waals surface area (Å²) in [5.74, 6) is -0.977. The molecule has 0 bridgehead atoms. The van der Waals surface area contributed by atoms with E-state index in [2.05, 4.69) is 15.3 Å². The first kappa shape index (κ1) is 13.3. The van der Waals surface area contributed by atoms with Crippen molar-refractivity contribution in [1.29, 1.82) is 0 Å². The van der Waals surface area contributed by atoms with Gasteiger partial charge < -0.3 is 5.32 Å². The van der Waals surface area contributed by atoms with E-state index in [1.165, 1.54) is 0 Å². The van der Waals surface area contributed by atoms with E-state index in [1.807, 2.05) is 0 Å². The number of aromatic nitrogens is 2. The van der Waals surface area contributed by atoms with Crippen molar-refractivity contribution in [2.45, 2.75) is 6.18 Å². The van der Waals surface area contributed by atoms with Gasteiger partial charge in [0.05, 0.1) is 17.9 Å². The van der Waals surface area contributed by atoms with Crippen molar-refractivity contribution >= 4 is 23.1 Å². The molecule has 3 rings (SSSR count). The van der Waals surface area contributed by atoms with Gasteiger partial charge in [-0.05, 0) is 12.1 Å². The lowest BCUT2D eigenvalue weighted by atomic mass is 10.1. The average molecular weight is 294 g/mol. The van der Waals surface area contributed by atoms with Gasteiger partial charge in [0, 0.05) is 6.20 Å². The molecule has 1 aromatic heterocycles. The smallest absolute Gasteiger partial charge is 0.374 e. The molecule has 2 aromatic rings. The molecular formula is C13H9F3N4O. The third kappa shape index (κ3) is 2.28. The summed E-state index contributed by atoms with van der Waals surface area (Å²) in [6.45, 7) is -0.0989. The van der Waals surface area contributed by atoms with E-state index in [0.29, 0.717) is 17.6 Å². The molecule has 1 aliphatic rings. The van der Waals surface area contributed by atoms with Gasteiger partial charge in [-0.15, -0.1) is 0 Å². The standard InChI is InChI=1S/C13H9F3N4O/c14-13(15,16)8-5-17-7-19-12(8)20-10-4-2-1-3-9(10)18-6-11(20)21/h1-5,7,18H,6H2. The summed E-state index contributed by atoms with van der Waals surface area (Å²) < 4.78 is 39.2. The van der Waals surface area contributed by atoms with Crippen molar-refractivity contribution in [3.05, 3.63) is 42.4 Å². The van der Waals surface area contributed by atoms with Crippen LogP contribution >= 0.6 is 0 Å². The van der Waals surface area contributed by atoms with E-state index in [4.69, 9.17) is 0 Å². The molecular weight excluding hydrogens is 285 g/mol. The monoisotopic (exact) mass is 294 g/mol. The van der Waals surface area contributed by atoms with Gasteiger partial charge in [0.15, 0.2) is 5.82 Å². The lowest BCUT2D eigenvalue weighted by molar-refractivity contribution is -0.137. The van der Waals surface area contributed by atoms with Crippen molar-refractivity contribution in [3.8, 4) is 0 Å². The molecule has 5 nitrogen and oxygen atoms in total. The molecule has 8 heteroatoms. The quantitative estimate of drug-likeness (QED) is 0.878. The van der Waals surface area contributed by atoms with Gasteiger partial charge in [-0.2, -0.15) is 13.2 Å². The molecule has 21 heavy (non-hydrogen) atoms. The van der Waals surface area contributed by atoms with Gasteiger partial charge in [0.25, 0.3) is 5.91 Å². The molecule has 1 N–H and O–H groups in total. The molecule has 0 saturated carbocycles. The Kier molecular flexibility index (Phi) is 3.00.